The summed E-state index contributed by atoms with van der Waals surface area (Å²) in [6, 6.07) is 2.33. The van der Waals surface area contributed by atoms with Crippen LogP contribution in [0.4, 0.5) is 0 Å². The fraction of sp³-hybridized carbons (Fsp3) is 0.571. The number of hydrogen-bond donors (Lipinski definition) is 1. The third-order valence-corrected chi connectivity index (χ3v) is 3.97. The van der Waals surface area contributed by atoms with Crippen LogP contribution in [0.25, 0.3) is 11.4 Å². The van der Waals surface area contributed by atoms with E-state index in [0.29, 0.717) is 17.8 Å². The third kappa shape index (κ3) is 3.22. The number of hydrogen-bond acceptors (Lipinski definition) is 5. The Bertz CT molecular complexity index is 493. The molecule has 0 radical (unpaired) electrons. The lowest BCUT2D eigenvalue weighted by Gasteiger charge is -2.24. The molecule has 2 aromatic heterocycles. The van der Waals surface area contributed by atoms with Gasteiger partial charge in [0, 0.05) is 17.0 Å². The predicted octanol–water partition coefficient (Wildman–Crippen LogP) is 3.54. The fourth-order valence-electron chi connectivity index (χ4n) is 2.40. The van der Waals surface area contributed by atoms with Gasteiger partial charge in [-0.05, 0) is 30.8 Å². The molecule has 2 rings (SSSR count). The Hall–Kier alpha value is -1.20. The summed E-state index contributed by atoms with van der Waals surface area (Å²) in [5.74, 6) is 2.10. The lowest BCUT2D eigenvalue weighted by atomic mass is 9.89. The van der Waals surface area contributed by atoms with Gasteiger partial charge in [-0.2, -0.15) is 16.3 Å². The van der Waals surface area contributed by atoms with E-state index < -0.39 is 0 Å². The van der Waals surface area contributed by atoms with E-state index in [1.165, 1.54) is 0 Å². The van der Waals surface area contributed by atoms with Crippen LogP contribution in [0.3, 0.4) is 0 Å². The first-order valence-corrected chi connectivity index (χ1v) is 7.67. The normalized spacial score (nSPS) is 14.8. The van der Waals surface area contributed by atoms with Crippen molar-refractivity contribution in [1.82, 2.24) is 15.5 Å². The van der Waals surface area contributed by atoms with Gasteiger partial charge in [0.15, 0.2) is 0 Å². The van der Waals surface area contributed by atoms with Crippen LogP contribution in [-0.4, -0.2) is 22.7 Å². The molecular formula is C14H21N3OS. The minimum atomic E-state index is 0.236. The van der Waals surface area contributed by atoms with Crippen LogP contribution in [-0.2, 0) is 0 Å². The standard InChI is InChI=1S/C14H21N3OS/c1-5-15-10(4)12(9(2)3)14-16-13(17-18-14)11-6-7-19-8-11/h6-10,12,15H,5H2,1-4H3. The average molecular weight is 279 g/mol. The highest BCUT2D eigenvalue weighted by atomic mass is 32.1. The first kappa shape index (κ1) is 14.2. The van der Waals surface area contributed by atoms with Gasteiger partial charge in [0.05, 0.1) is 5.92 Å². The molecule has 4 nitrogen and oxygen atoms in total. The van der Waals surface area contributed by atoms with E-state index in [0.717, 1.165) is 18.0 Å². The van der Waals surface area contributed by atoms with Gasteiger partial charge in [-0.3, -0.25) is 0 Å². The summed E-state index contributed by atoms with van der Waals surface area (Å²) in [6.45, 7) is 9.59. The fourth-order valence-corrected chi connectivity index (χ4v) is 3.04. The van der Waals surface area contributed by atoms with E-state index in [1.54, 1.807) is 11.3 Å². The highest BCUT2D eigenvalue weighted by molar-refractivity contribution is 7.08. The minimum absolute atomic E-state index is 0.236. The summed E-state index contributed by atoms with van der Waals surface area (Å²) in [7, 11) is 0. The van der Waals surface area contributed by atoms with Crippen molar-refractivity contribution in [1.29, 1.82) is 0 Å². The van der Waals surface area contributed by atoms with Crippen LogP contribution in [0, 0.1) is 5.92 Å². The van der Waals surface area contributed by atoms with Crippen molar-refractivity contribution in [3.63, 3.8) is 0 Å². The second kappa shape index (κ2) is 6.30. The smallest absolute Gasteiger partial charge is 0.231 e. The van der Waals surface area contributed by atoms with Crippen molar-refractivity contribution in [2.24, 2.45) is 5.92 Å². The molecule has 5 heteroatoms. The summed E-state index contributed by atoms with van der Waals surface area (Å²) in [6.07, 6.45) is 0. The van der Waals surface area contributed by atoms with Crippen molar-refractivity contribution in [2.75, 3.05) is 6.54 Å². The quantitative estimate of drug-likeness (QED) is 0.878. The molecule has 19 heavy (non-hydrogen) atoms. The van der Waals surface area contributed by atoms with Crippen molar-refractivity contribution >= 4 is 11.3 Å². The molecule has 0 spiro atoms. The van der Waals surface area contributed by atoms with Gasteiger partial charge < -0.3 is 9.84 Å². The Morgan fingerprint density at radius 1 is 1.37 bits per heavy atom. The Morgan fingerprint density at radius 2 is 2.16 bits per heavy atom. The highest BCUT2D eigenvalue weighted by Crippen LogP contribution is 2.29. The molecule has 0 aliphatic carbocycles. The van der Waals surface area contributed by atoms with Gasteiger partial charge in [-0.25, -0.2) is 0 Å². The van der Waals surface area contributed by atoms with E-state index >= 15 is 0 Å². The molecule has 0 aliphatic rings. The summed E-state index contributed by atoms with van der Waals surface area (Å²) in [5, 5.41) is 11.6. The molecule has 104 valence electrons. The zero-order valence-electron chi connectivity index (χ0n) is 11.9. The Balaban J connectivity index is 2.23. The van der Waals surface area contributed by atoms with Gasteiger partial charge in [0.2, 0.25) is 11.7 Å². The van der Waals surface area contributed by atoms with Crippen LogP contribution in [0.15, 0.2) is 21.3 Å². The van der Waals surface area contributed by atoms with E-state index in [1.807, 2.05) is 16.8 Å². The lowest BCUT2D eigenvalue weighted by Crippen LogP contribution is -2.34. The zero-order valence-corrected chi connectivity index (χ0v) is 12.7. The maximum absolute atomic E-state index is 5.48. The van der Waals surface area contributed by atoms with E-state index in [4.69, 9.17) is 4.52 Å². The van der Waals surface area contributed by atoms with Gasteiger partial charge >= 0.3 is 0 Å². The van der Waals surface area contributed by atoms with E-state index in [2.05, 4.69) is 43.2 Å². The molecule has 0 aliphatic heterocycles. The monoisotopic (exact) mass is 279 g/mol. The van der Waals surface area contributed by atoms with Gasteiger partial charge in [-0.15, -0.1) is 0 Å². The first-order chi connectivity index (χ1) is 9.13. The molecule has 2 aromatic rings. The van der Waals surface area contributed by atoms with Crippen LogP contribution in [0.2, 0.25) is 0 Å². The second-order valence-corrected chi connectivity index (χ2v) is 5.86. The molecule has 0 bridgehead atoms. The molecule has 0 aromatic carbocycles. The number of aromatic nitrogens is 2. The summed E-state index contributed by atoms with van der Waals surface area (Å²) in [5.41, 5.74) is 1.03. The topological polar surface area (TPSA) is 51.0 Å². The molecule has 0 saturated heterocycles. The number of rotatable bonds is 6. The average Bonchev–Trinajstić information content (AvgIpc) is 2.98. The van der Waals surface area contributed by atoms with E-state index in [9.17, 15) is 0 Å². The van der Waals surface area contributed by atoms with Crippen molar-refractivity contribution in [2.45, 2.75) is 39.7 Å². The van der Waals surface area contributed by atoms with E-state index in [-0.39, 0.29) is 5.92 Å². The largest absolute Gasteiger partial charge is 0.339 e. The van der Waals surface area contributed by atoms with Crippen LogP contribution >= 0.6 is 11.3 Å². The molecule has 0 saturated carbocycles. The van der Waals surface area contributed by atoms with Crippen LogP contribution in [0.1, 0.15) is 39.5 Å². The van der Waals surface area contributed by atoms with Gasteiger partial charge in [0.1, 0.15) is 0 Å². The van der Waals surface area contributed by atoms with Gasteiger partial charge in [-0.1, -0.05) is 25.9 Å². The minimum Gasteiger partial charge on any atom is -0.339 e. The highest BCUT2D eigenvalue weighted by Gasteiger charge is 2.28. The number of likely N-dealkylation sites (N-methyl/N-ethyl adjacent to an activating group) is 1. The van der Waals surface area contributed by atoms with Crippen LogP contribution in [0.5, 0.6) is 0 Å². The predicted molar refractivity (Wildman–Crippen MR) is 78.3 cm³/mol. The number of nitrogens with one attached hydrogen (secondary N) is 1. The van der Waals surface area contributed by atoms with Crippen molar-refractivity contribution in [3.05, 3.63) is 22.7 Å². The first-order valence-electron chi connectivity index (χ1n) is 6.73. The van der Waals surface area contributed by atoms with Gasteiger partial charge in [0.25, 0.3) is 0 Å². The van der Waals surface area contributed by atoms with Crippen molar-refractivity contribution in [3.8, 4) is 11.4 Å². The Kier molecular flexibility index (Phi) is 4.71. The molecule has 2 unspecified atom stereocenters. The summed E-state index contributed by atoms with van der Waals surface area (Å²) >= 11 is 1.64. The molecule has 0 amide bonds. The Morgan fingerprint density at radius 3 is 2.74 bits per heavy atom. The summed E-state index contributed by atoms with van der Waals surface area (Å²) in [4.78, 5) is 4.57. The molecule has 2 atom stereocenters. The SMILES string of the molecule is CCNC(C)C(c1nc(-c2ccsc2)no1)C(C)C. The third-order valence-electron chi connectivity index (χ3n) is 3.29. The second-order valence-electron chi connectivity index (χ2n) is 5.08. The van der Waals surface area contributed by atoms with Crippen molar-refractivity contribution < 1.29 is 4.52 Å². The number of nitrogens with zero attached hydrogens (tertiary/aromatic N) is 2. The zero-order chi connectivity index (χ0) is 13.8. The summed E-state index contributed by atoms with van der Waals surface area (Å²) < 4.78 is 5.48. The number of thiophene rings is 1. The van der Waals surface area contributed by atoms with Crippen LogP contribution < -0.4 is 5.32 Å². The Labute approximate surface area is 118 Å². The maximum atomic E-state index is 5.48. The lowest BCUT2D eigenvalue weighted by molar-refractivity contribution is 0.281. The molecule has 0 fully saturated rings. The molecule has 2 heterocycles. The maximum Gasteiger partial charge on any atom is 0.231 e. The molecular weight excluding hydrogens is 258 g/mol. The molecule has 1 N–H and O–H groups in total.